The van der Waals surface area contributed by atoms with E-state index in [9.17, 15) is 5.11 Å². The molecule has 0 amide bonds. The molecule has 1 saturated heterocycles. The van der Waals surface area contributed by atoms with E-state index >= 15 is 0 Å². The zero-order valence-electron chi connectivity index (χ0n) is 10.4. The Morgan fingerprint density at radius 1 is 1.53 bits per heavy atom. The number of aliphatic hydroxyl groups is 1. The third-order valence-electron chi connectivity index (χ3n) is 3.31. The summed E-state index contributed by atoms with van der Waals surface area (Å²) in [6.45, 7) is 9.47. The molecule has 0 aromatic carbocycles. The molecule has 2 unspecified atom stereocenters. The summed E-state index contributed by atoms with van der Waals surface area (Å²) in [4.78, 5) is 2.37. The van der Waals surface area contributed by atoms with Gasteiger partial charge in [0.2, 0.25) is 0 Å². The average molecular weight is 214 g/mol. The molecule has 0 radical (unpaired) electrons. The van der Waals surface area contributed by atoms with Crippen molar-refractivity contribution < 1.29 is 5.11 Å². The second-order valence-electron chi connectivity index (χ2n) is 5.36. The third kappa shape index (κ3) is 3.44. The first-order valence-corrected chi connectivity index (χ1v) is 6.18. The molecule has 0 aliphatic carbocycles. The lowest BCUT2D eigenvalue weighted by Gasteiger charge is -2.43. The van der Waals surface area contributed by atoms with Crippen molar-refractivity contribution in [2.45, 2.75) is 51.7 Å². The number of likely N-dealkylation sites (tertiary alicyclic amines) is 1. The Kier molecular flexibility index (Phi) is 4.56. The van der Waals surface area contributed by atoms with Crippen LogP contribution in [-0.2, 0) is 0 Å². The van der Waals surface area contributed by atoms with E-state index in [1.165, 1.54) is 0 Å². The van der Waals surface area contributed by atoms with Crippen LogP contribution in [0.2, 0.25) is 0 Å². The summed E-state index contributed by atoms with van der Waals surface area (Å²) in [6, 6.07) is -0.0788. The minimum Gasteiger partial charge on any atom is -0.388 e. The second kappa shape index (κ2) is 5.28. The Labute approximate surface area is 93.6 Å². The molecule has 15 heavy (non-hydrogen) atoms. The maximum absolute atomic E-state index is 10.3. The average Bonchev–Trinajstić information content (AvgIpc) is 2.12. The van der Waals surface area contributed by atoms with Crippen LogP contribution in [0.25, 0.3) is 0 Å². The molecule has 3 N–H and O–H groups in total. The number of hydrogen-bond acceptors (Lipinski definition) is 3. The lowest BCUT2D eigenvalue weighted by molar-refractivity contribution is -0.0470. The number of hydrogen-bond donors (Lipinski definition) is 2. The minimum atomic E-state index is -0.609. The van der Waals surface area contributed by atoms with E-state index in [0.29, 0.717) is 5.92 Å². The summed E-state index contributed by atoms with van der Waals surface area (Å²) in [5, 5.41) is 10.3. The Morgan fingerprint density at radius 3 is 2.67 bits per heavy atom. The maximum atomic E-state index is 10.3. The van der Waals surface area contributed by atoms with Crippen molar-refractivity contribution in [1.29, 1.82) is 0 Å². The summed E-state index contributed by atoms with van der Waals surface area (Å²) >= 11 is 0. The summed E-state index contributed by atoms with van der Waals surface area (Å²) in [5.41, 5.74) is 5.46. The van der Waals surface area contributed by atoms with Crippen molar-refractivity contribution in [3.8, 4) is 0 Å². The summed E-state index contributed by atoms with van der Waals surface area (Å²) in [7, 11) is 0. The van der Waals surface area contributed by atoms with E-state index < -0.39 is 5.60 Å². The van der Waals surface area contributed by atoms with Crippen LogP contribution in [0.5, 0.6) is 0 Å². The van der Waals surface area contributed by atoms with Gasteiger partial charge in [-0.2, -0.15) is 0 Å². The fourth-order valence-corrected chi connectivity index (χ4v) is 2.50. The monoisotopic (exact) mass is 214 g/mol. The lowest BCUT2D eigenvalue weighted by Crippen LogP contribution is -2.59. The predicted molar refractivity (Wildman–Crippen MR) is 63.7 cm³/mol. The summed E-state index contributed by atoms with van der Waals surface area (Å²) in [6.07, 6.45) is 2.67. The molecule has 1 aliphatic heterocycles. The van der Waals surface area contributed by atoms with Crippen molar-refractivity contribution in [3.05, 3.63) is 0 Å². The van der Waals surface area contributed by atoms with Crippen LogP contribution in [0.3, 0.4) is 0 Å². The fraction of sp³-hybridized carbons (Fsp3) is 1.00. The van der Waals surface area contributed by atoms with Crippen LogP contribution >= 0.6 is 0 Å². The van der Waals surface area contributed by atoms with E-state index in [2.05, 4.69) is 25.7 Å². The highest BCUT2D eigenvalue weighted by atomic mass is 16.3. The number of rotatable bonds is 4. The largest absolute Gasteiger partial charge is 0.388 e. The van der Waals surface area contributed by atoms with Gasteiger partial charge in [-0.15, -0.1) is 0 Å². The van der Waals surface area contributed by atoms with Crippen molar-refractivity contribution in [3.63, 3.8) is 0 Å². The van der Waals surface area contributed by atoms with Crippen LogP contribution in [0, 0.1) is 5.92 Å². The zero-order chi connectivity index (χ0) is 11.5. The van der Waals surface area contributed by atoms with Gasteiger partial charge in [0.1, 0.15) is 0 Å². The van der Waals surface area contributed by atoms with Crippen LogP contribution in [0.1, 0.15) is 40.0 Å². The van der Waals surface area contributed by atoms with Crippen LogP contribution < -0.4 is 5.73 Å². The first kappa shape index (κ1) is 12.9. The van der Waals surface area contributed by atoms with Gasteiger partial charge in [0.25, 0.3) is 0 Å². The van der Waals surface area contributed by atoms with E-state index in [-0.39, 0.29) is 6.04 Å². The van der Waals surface area contributed by atoms with Gasteiger partial charge in [-0.25, -0.2) is 0 Å². The molecule has 0 spiro atoms. The SMILES string of the molecule is CCCC1(O)CCN(CC(C)C)CC1N. The van der Waals surface area contributed by atoms with Crippen LogP contribution in [0.4, 0.5) is 0 Å². The highest BCUT2D eigenvalue weighted by Crippen LogP contribution is 2.26. The molecule has 2 atom stereocenters. The highest BCUT2D eigenvalue weighted by molar-refractivity contribution is 4.95. The molecule has 1 fully saturated rings. The molecular formula is C12H26N2O. The first-order valence-electron chi connectivity index (χ1n) is 6.18. The standard InChI is InChI=1S/C12H26N2O/c1-4-5-12(15)6-7-14(8-10(2)3)9-11(12)13/h10-11,15H,4-9,13H2,1-3H3. The predicted octanol–water partition coefficient (Wildman–Crippen LogP) is 1.21. The Bertz CT molecular complexity index is 196. The quantitative estimate of drug-likeness (QED) is 0.739. The Morgan fingerprint density at radius 2 is 2.20 bits per heavy atom. The van der Waals surface area contributed by atoms with Gasteiger partial charge >= 0.3 is 0 Å². The molecular weight excluding hydrogens is 188 g/mol. The first-order chi connectivity index (χ1) is 6.98. The summed E-state index contributed by atoms with van der Waals surface area (Å²) < 4.78 is 0. The Hall–Kier alpha value is -0.120. The van der Waals surface area contributed by atoms with E-state index in [1.807, 2.05) is 0 Å². The molecule has 0 saturated carbocycles. The van der Waals surface area contributed by atoms with Gasteiger partial charge in [-0.05, 0) is 18.8 Å². The minimum absolute atomic E-state index is 0.0788. The molecule has 0 aromatic heterocycles. The third-order valence-corrected chi connectivity index (χ3v) is 3.31. The molecule has 3 nitrogen and oxygen atoms in total. The smallest absolute Gasteiger partial charge is 0.0822 e. The van der Waals surface area contributed by atoms with Gasteiger partial charge in [0, 0.05) is 25.7 Å². The van der Waals surface area contributed by atoms with Crippen molar-refractivity contribution in [2.75, 3.05) is 19.6 Å². The van der Waals surface area contributed by atoms with Crippen molar-refractivity contribution in [1.82, 2.24) is 4.90 Å². The van der Waals surface area contributed by atoms with Crippen LogP contribution in [0.15, 0.2) is 0 Å². The van der Waals surface area contributed by atoms with Crippen LogP contribution in [-0.4, -0.2) is 41.3 Å². The van der Waals surface area contributed by atoms with Gasteiger partial charge in [0.15, 0.2) is 0 Å². The molecule has 3 heteroatoms. The van der Waals surface area contributed by atoms with Gasteiger partial charge in [-0.1, -0.05) is 27.2 Å². The number of nitrogens with two attached hydrogens (primary N) is 1. The normalized spacial score (nSPS) is 33.6. The zero-order valence-corrected chi connectivity index (χ0v) is 10.4. The molecule has 1 aliphatic rings. The second-order valence-corrected chi connectivity index (χ2v) is 5.36. The van der Waals surface area contributed by atoms with Crippen molar-refractivity contribution in [2.24, 2.45) is 11.7 Å². The maximum Gasteiger partial charge on any atom is 0.0822 e. The lowest BCUT2D eigenvalue weighted by atomic mass is 9.83. The van der Waals surface area contributed by atoms with Crippen molar-refractivity contribution >= 4 is 0 Å². The van der Waals surface area contributed by atoms with E-state index in [1.54, 1.807) is 0 Å². The number of piperidine rings is 1. The molecule has 0 aromatic rings. The molecule has 0 bridgehead atoms. The number of nitrogens with zero attached hydrogens (tertiary/aromatic N) is 1. The van der Waals surface area contributed by atoms with E-state index in [4.69, 9.17) is 5.73 Å². The van der Waals surface area contributed by atoms with Gasteiger partial charge in [0.05, 0.1) is 5.60 Å². The summed E-state index contributed by atoms with van der Waals surface area (Å²) in [5.74, 6) is 0.676. The molecule has 1 rings (SSSR count). The molecule has 90 valence electrons. The highest BCUT2D eigenvalue weighted by Gasteiger charge is 2.38. The molecule has 1 heterocycles. The topological polar surface area (TPSA) is 49.5 Å². The Balaban J connectivity index is 2.47. The van der Waals surface area contributed by atoms with Gasteiger partial charge < -0.3 is 15.7 Å². The van der Waals surface area contributed by atoms with Gasteiger partial charge in [-0.3, -0.25) is 0 Å². The fourth-order valence-electron chi connectivity index (χ4n) is 2.50. The van der Waals surface area contributed by atoms with E-state index in [0.717, 1.165) is 38.9 Å².